The molecule has 0 fully saturated rings. The fraction of sp³-hybridized carbons (Fsp3) is 0.188. The maximum Gasteiger partial charge on any atom is 0.159 e. The fourth-order valence-corrected chi connectivity index (χ4v) is 1.99. The van der Waals surface area contributed by atoms with Crippen LogP contribution < -0.4 is 5.32 Å². The fourth-order valence-electron chi connectivity index (χ4n) is 1.87. The predicted molar refractivity (Wildman–Crippen MR) is 80.0 cm³/mol. The molecule has 0 aromatic heterocycles. The molecular formula is C16H16ClNO. The number of aryl methyl sites for hydroxylation is 1. The van der Waals surface area contributed by atoms with E-state index in [2.05, 4.69) is 11.4 Å². The summed E-state index contributed by atoms with van der Waals surface area (Å²) in [4.78, 5) is 11.3. The van der Waals surface area contributed by atoms with Crippen molar-refractivity contribution >= 4 is 23.1 Å². The highest BCUT2D eigenvalue weighted by atomic mass is 35.5. The molecule has 0 amide bonds. The molecular weight excluding hydrogens is 258 g/mol. The minimum Gasteiger partial charge on any atom is -0.381 e. The number of hydrogen-bond acceptors (Lipinski definition) is 2. The van der Waals surface area contributed by atoms with Gasteiger partial charge in [0.15, 0.2) is 5.78 Å². The molecule has 2 aromatic carbocycles. The van der Waals surface area contributed by atoms with E-state index in [1.165, 1.54) is 0 Å². The van der Waals surface area contributed by atoms with Crippen molar-refractivity contribution in [3.8, 4) is 0 Å². The first-order valence-electron chi connectivity index (χ1n) is 6.16. The van der Waals surface area contributed by atoms with Gasteiger partial charge in [-0.05, 0) is 43.2 Å². The summed E-state index contributed by atoms with van der Waals surface area (Å²) in [6.07, 6.45) is 0. The van der Waals surface area contributed by atoms with Crippen molar-refractivity contribution in [3.63, 3.8) is 0 Å². The second-order valence-electron chi connectivity index (χ2n) is 4.57. The van der Waals surface area contributed by atoms with Crippen molar-refractivity contribution in [1.29, 1.82) is 0 Å². The number of carbonyl (C=O) groups is 1. The lowest BCUT2D eigenvalue weighted by Gasteiger charge is -2.09. The summed E-state index contributed by atoms with van der Waals surface area (Å²) in [6, 6.07) is 13.5. The van der Waals surface area contributed by atoms with Gasteiger partial charge in [-0.1, -0.05) is 35.9 Å². The minimum atomic E-state index is 0.0750. The van der Waals surface area contributed by atoms with Crippen LogP contribution in [0.1, 0.15) is 28.4 Å². The highest BCUT2D eigenvalue weighted by molar-refractivity contribution is 6.31. The van der Waals surface area contributed by atoms with E-state index >= 15 is 0 Å². The van der Waals surface area contributed by atoms with Gasteiger partial charge in [-0.2, -0.15) is 0 Å². The van der Waals surface area contributed by atoms with E-state index in [4.69, 9.17) is 11.6 Å². The van der Waals surface area contributed by atoms with Gasteiger partial charge in [-0.25, -0.2) is 0 Å². The van der Waals surface area contributed by atoms with Gasteiger partial charge in [-0.3, -0.25) is 4.79 Å². The van der Waals surface area contributed by atoms with E-state index in [-0.39, 0.29) is 5.78 Å². The number of nitrogens with one attached hydrogen (secondary N) is 1. The number of anilines is 1. The van der Waals surface area contributed by atoms with Gasteiger partial charge >= 0.3 is 0 Å². The zero-order valence-electron chi connectivity index (χ0n) is 11.0. The first kappa shape index (κ1) is 13.6. The number of carbonyl (C=O) groups excluding carboxylic acids is 1. The Morgan fingerprint density at radius 1 is 1.21 bits per heavy atom. The Morgan fingerprint density at radius 3 is 2.68 bits per heavy atom. The van der Waals surface area contributed by atoms with Crippen LogP contribution in [0.3, 0.4) is 0 Å². The Hall–Kier alpha value is -1.80. The van der Waals surface area contributed by atoms with E-state index in [1.54, 1.807) is 6.92 Å². The summed E-state index contributed by atoms with van der Waals surface area (Å²) in [5.41, 5.74) is 3.89. The molecule has 0 unspecified atom stereocenters. The van der Waals surface area contributed by atoms with Crippen molar-refractivity contribution < 1.29 is 4.79 Å². The normalized spacial score (nSPS) is 10.3. The lowest BCUT2D eigenvalue weighted by atomic mass is 10.1. The highest BCUT2D eigenvalue weighted by Crippen LogP contribution is 2.18. The zero-order chi connectivity index (χ0) is 13.8. The SMILES string of the molecule is CC(=O)c1cccc(NCc2ccc(Cl)c(C)c2)c1. The second-order valence-corrected chi connectivity index (χ2v) is 4.98. The van der Waals surface area contributed by atoms with Gasteiger partial charge in [0.1, 0.15) is 0 Å². The Balaban J connectivity index is 2.07. The van der Waals surface area contributed by atoms with Crippen LogP contribution in [0.4, 0.5) is 5.69 Å². The van der Waals surface area contributed by atoms with Crippen LogP contribution in [-0.4, -0.2) is 5.78 Å². The van der Waals surface area contributed by atoms with Crippen molar-refractivity contribution in [2.75, 3.05) is 5.32 Å². The highest BCUT2D eigenvalue weighted by Gasteiger charge is 2.01. The third kappa shape index (κ3) is 3.58. The number of ketones is 1. The summed E-state index contributed by atoms with van der Waals surface area (Å²) < 4.78 is 0. The number of rotatable bonds is 4. The molecule has 2 nitrogen and oxygen atoms in total. The van der Waals surface area contributed by atoms with Gasteiger partial charge in [0.25, 0.3) is 0 Å². The Bertz CT molecular complexity index is 607. The third-order valence-electron chi connectivity index (χ3n) is 2.99. The number of hydrogen-bond donors (Lipinski definition) is 1. The number of benzene rings is 2. The molecule has 0 aliphatic rings. The molecule has 0 heterocycles. The molecule has 3 heteroatoms. The molecule has 98 valence electrons. The molecule has 0 bridgehead atoms. The second kappa shape index (κ2) is 5.89. The first-order chi connectivity index (χ1) is 9.06. The molecule has 0 aliphatic heterocycles. The van der Waals surface area contributed by atoms with E-state index in [0.717, 1.165) is 27.4 Å². The maximum atomic E-state index is 11.3. The van der Waals surface area contributed by atoms with Gasteiger partial charge in [0.2, 0.25) is 0 Å². The zero-order valence-corrected chi connectivity index (χ0v) is 11.8. The Kier molecular flexibility index (Phi) is 4.23. The molecule has 0 saturated heterocycles. The standard InChI is InChI=1S/C16H16ClNO/c1-11-8-13(6-7-16(11)17)10-18-15-5-3-4-14(9-15)12(2)19/h3-9,18H,10H2,1-2H3. The van der Waals surface area contributed by atoms with Crippen LogP contribution in [0.5, 0.6) is 0 Å². The maximum absolute atomic E-state index is 11.3. The molecule has 2 aromatic rings. The monoisotopic (exact) mass is 273 g/mol. The first-order valence-corrected chi connectivity index (χ1v) is 6.54. The molecule has 1 N–H and O–H groups in total. The smallest absolute Gasteiger partial charge is 0.159 e. The van der Waals surface area contributed by atoms with Crippen LogP contribution >= 0.6 is 11.6 Å². The lowest BCUT2D eigenvalue weighted by Crippen LogP contribution is -2.01. The summed E-state index contributed by atoms with van der Waals surface area (Å²) >= 11 is 6.00. The summed E-state index contributed by atoms with van der Waals surface area (Å²) in [5.74, 6) is 0.0750. The molecule has 0 spiro atoms. The van der Waals surface area contributed by atoms with E-state index in [0.29, 0.717) is 6.54 Å². The van der Waals surface area contributed by atoms with Crippen LogP contribution in [0.25, 0.3) is 0 Å². The van der Waals surface area contributed by atoms with Crippen molar-refractivity contribution in [2.24, 2.45) is 0 Å². The quantitative estimate of drug-likeness (QED) is 0.833. The average molecular weight is 274 g/mol. The van der Waals surface area contributed by atoms with Crippen LogP contribution in [0, 0.1) is 6.92 Å². The molecule has 2 rings (SSSR count). The van der Waals surface area contributed by atoms with Crippen LogP contribution in [0.15, 0.2) is 42.5 Å². The Morgan fingerprint density at radius 2 is 2.00 bits per heavy atom. The summed E-state index contributed by atoms with van der Waals surface area (Å²) in [7, 11) is 0. The van der Waals surface area contributed by atoms with Gasteiger partial charge in [-0.15, -0.1) is 0 Å². The molecule has 19 heavy (non-hydrogen) atoms. The summed E-state index contributed by atoms with van der Waals surface area (Å²) in [5, 5.41) is 4.09. The largest absolute Gasteiger partial charge is 0.381 e. The minimum absolute atomic E-state index is 0.0750. The topological polar surface area (TPSA) is 29.1 Å². The van der Waals surface area contributed by atoms with Gasteiger partial charge in [0, 0.05) is 22.8 Å². The number of halogens is 1. The lowest BCUT2D eigenvalue weighted by molar-refractivity contribution is 0.101. The predicted octanol–water partition coefficient (Wildman–Crippen LogP) is 4.46. The van der Waals surface area contributed by atoms with E-state index in [1.807, 2.05) is 43.3 Å². The van der Waals surface area contributed by atoms with Crippen molar-refractivity contribution in [3.05, 3.63) is 64.2 Å². The van der Waals surface area contributed by atoms with Crippen LogP contribution in [0.2, 0.25) is 5.02 Å². The average Bonchev–Trinajstić information content (AvgIpc) is 2.40. The van der Waals surface area contributed by atoms with Gasteiger partial charge < -0.3 is 5.32 Å². The third-order valence-corrected chi connectivity index (χ3v) is 3.41. The molecule has 0 saturated carbocycles. The molecule has 0 atom stereocenters. The van der Waals surface area contributed by atoms with E-state index in [9.17, 15) is 4.79 Å². The van der Waals surface area contributed by atoms with Crippen molar-refractivity contribution in [1.82, 2.24) is 0 Å². The molecule has 0 radical (unpaired) electrons. The number of Topliss-reactive ketones (excluding diaryl/α,β-unsaturated/α-hetero) is 1. The van der Waals surface area contributed by atoms with Gasteiger partial charge in [0.05, 0.1) is 0 Å². The Labute approximate surface area is 118 Å². The van der Waals surface area contributed by atoms with E-state index < -0.39 is 0 Å². The van der Waals surface area contributed by atoms with Crippen LogP contribution in [-0.2, 0) is 6.54 Å². The summed E-state index contributed by atoms with van der Waals surface area (Å²) in [6.45, 7) is 4.27. The van der Waals surface area contributed by atoms with Crippen molar-refractivity contribution in [2.45, 2.75) is 20.4 Å². The molecule has 0 aliphatic carbocycles.